The summed E-state index contributed by atoms with van der Waals surface area (Å²) in [6, 6.07) is 12.3. The van der Waals surface area contributed by atoms with Gasteiger partial charge in [-0.25, -0.2) is 4.79 Å². The van der Waals surface area contributed by atoms with Gasteiger partial charge in [0.25, 0.3) is 0 Å². The van der Waals surface area contributed by atoms with Crippen LogP contribution in [0, 0.1) is 0 Å². The number of hydrogen-bond donors (Lipinski definition) is 3. The number of methoxy groups -OCH3 is 1. The number of ether oxygens (including phenoxy) is 1. The van der Waals surface area contributed by atoms with Crippen molar-refractivity contribution in [1.82, 2.24) is 5.32 Å². The van der Waals surface area contributed by atoms with Crippen LogP contribution in [0.3, 0.4) is 0 Å². The van der Waals surface area contributed by atoms with E-state index in [1.54, 1.807) is 49.6 Å². The largest absolute Gasteiger partial charge is 0.508 e. The van der Waals surface area contributed by atoms with E-state index in [0.717, 1.165) is 5.56 Å². The van der Waals surface area contributed by atoms with Gasteiger partial charge in [-0.1, -0.05) is 24.3 Å². The van der Waals surface area contributed by atoms with Crippen LogP contribution in [0.5, 0.6) is 11.5 Å². The summed E-state index contributed by atoms with van der Waals surface area (Å²) in [6.45, 7) is 0. The molecule has 1 amide bonds. The lowest BCUT2D eigenvalue weighted by Gasteiger charge is -2.13. The van der Waals surface area contributed by atoms with Gasteiger partial charge in [-0.3, -0.25) is 4.79 Å². The first-order chi connectivity index (χ1) is 12.0. The molecule has 6 heteroatoms. The van der Waals surface area contributed by atoms with E-state index >= 15 is 0 Å². The molecule has 0 saturated heterocycles. The Morgan fingerprint density at radius 3 is 2.56 bits per heavy atom. The van der Waals surface area contributed by atoms with Crippen LogP contribution in [0.25, 0.3) is 6.08 Å². The third kappa shape index (κ3) is 5.69. The SMILES string of the molecule is COc1cccc(/C=C/C(=O)NC(Cc2ccc(O)cc2)C(=O)O)c1. The number of carboxylic acids is 1. The summed E-state index contributed by atoms with van der Waals surface area (Å²) in [6.07, 6.45) is 2.98. The van der Waals surface area contributed by atoms with E-state index in [1.807, 2.05) is 0 Å². The minimum atomic E-state index is -1.13. The van der Waals surface area contributed by atoms with Crippen LogP contribution in [0.2, 0.25) is 0 Å². The minimum Gasteiger partial charge on any atom is -0.508 e. The molecule has 0 aromatic heterocycles. The maximum absolute atomic E-state index is 12.0. The van der Waals surface area contributed by atoms with Crippen LogP contribution in [0.1, 0.15) is 11.1 Å². The molecule has 6 nitrogen and oxygen atoms in total. The first-order valence-corrected chi connectivity index (χ1v) is 7.61. The second-order valence-electron chi connectivity index (χ2n) is 5.38. The minimum absolute atomic E-state index is 0.0980. The van der Waals surface area contributed by atoms with E-state index < -0.39 is 17.9 Å². The summed E-state index contributed by atoms with van der Waals surface area (Å²) in [5.74, 6) is -0.871. The molecule has 0 radical (unpaired) electrons. The van der Waals surface area contributed by atoms with Crippen molar-refractivity contribution in [3.63, 3.8) is 0 Å². The smallest absolute Gasteiger partial charge is 0.326 e. The molecule has 0 aliphatic carbocycles. The van der Waals surface area contributed by atoms with Gasteiger partial charge in [-0.15, -0.1) is 0 Å². The topological polar surface area (TPSA) is 95.9 Å². The molecule has 0 bridgehead atoms. The molecule has 0 aliphatic rings. The number of hydrogen-bond acceptors (Lipinski definition) is 4. The van der Waals surface area contributed by atoms with Gasteiger partial charge in [-0.05, 0) is 41.5 Å². The van der Waals surface area contributed by atoms with Crippen molar-refractivity contribution in [2.45, 2.75) is 12.5 Å². The highest BCUT2D eigenvalue weighted by molar-refractivity contribution is 5.94. The highest BCUT2D eigenvalue weighted by atomic mass is 16.5. The molecule has 1 atom stereocenters. The third-order valence-electron chi connectivity index (χ3n) is 3.51. The zero-order valence-corrected chi connectivity index (χ0v) is 13.7. The molecule has 2 aromatic carbocycles. The van der Waals surface area contributed by atoms with Crippen molar-refractivity contribution in [2.24, 2.45) is 0 Å². The van der Waals surface area contributed by atoms with Crippen molar-refractivity contribution in [3.05, 3.63) is 65.7 Å². The fraction of sp³-hybridized carbons (Fsp3) is 0.158. The third-order valence-corrected chi connectivity index (χ3v) is 3.51. The van der Waals surface area contributed by atoms with E-state index in [-0.39, 0.29) is 12.2 Å². The summed E-state index contributed by atoms with van der Waals surface area (Å²) >= 11 is 0. The Morgan fingerprint density at radius 1 is 1.20 bits per heavy atom. The molecule has 0 heterocycles. The van der Waals surface area contributed by atoms with Gasteiger partial charge in [0.15, 0.2) is 0 Å². The lowest BCUT2D eigenvalue weighted by molar-refractivity contribution is -0.141. The fourth-order valence-electron chi connectivity index (χ4n) is 2.20. The van der Waals surface area contributed by atoms with Gasteiger partial charge in [-0.2, -0.15) is 0 Å². The van der Waals surface area contributed by atoms with E-state index in [4.69, 9.17) is 4.74 Å². The van der Waals surface area contributed by atoms with Crippen LogP contribution >= 0.6 is 0 Å². The molecule has 3 N–H and O–H groups in total. The summed E-state index contributed by atoms with van der Waals surface area (Å²) in [5.41, 5.74) is 1.46. The predicted octanol–water partition coefficient (Wildman–Crippen LogP) is 2.23. The van der Waals surface area contributed by atoms with Crippen LogP contribution in [-0.2, 0) is 16.0 Å². The number of carbonyl (C=O) groups excluding carboxylic acids is 1. The maximum Gasteiger partial charge on any atom is 0.326 e. The molecule has 130 valence electrons. The van der Waals surface area contributed by atoms with Crippen LogP contribution in [-0.4, -0.2) is 35.2 Å². The average Bonchev–Trinajstić information content (AvgIpc) is 2.61. The molecule has 0 spiro atoms. The Bertz CT molecular complexity index is 768. The number of aliphatic carboxylic acids is 1. The Balaban J connectivity index is 2.00. The van der Waals surface area contributed by atoms with Crippen molar-refractivity contribution >= 4 is 18.0 Å². The summed E-state index contributed by atoms with van der Waals surface area (Å²) in [7, 11) is 1.55. The highest BCUT2D eigenvalue weighted by Gasteiger charge is 2.19. The predicted molar refractivity (Wildman–Crippen MR) is 93.4 cm³/mol. The van der Waals surface area contributed by atoms with Gasteiger partial charge >= 0.3 is 5.97 Å². The van der Waals surface area contributed by atoms with Crippen molar-refractivity contribution in [2.75, 3.05) is 7.11 Å². The number of nitrogens with one attached hydrogen (secondary N) is 1. The highest BCUT2D eigenvalue weighted by Crippen LogP contribution is 2.14. The zero-order chi connectivity index (χ0) is 18.2. The van der Waals surface area contributed by atoms with Crippen LogP contribution in [0.4, 0.5) is 0 Å². The number of phenolic OH excluding ortho intramolecular Hbond substituents is 1. The number of benzene rings is 2. The van der Waals surface area contributed by atoms with Gasteiger partial charge < -0.3 is 20.3 Å². The van der Waals surface area contributed by atoms with Crippen LogP contribution in [0.15, 0.2) is 54.6 Å². The molecule has 2 aromatic rings. The van der Waals surface area contributed by atoms with Crippen molar-refractivity contribution < 1.29 is 24.5 Å². The van der Waals surface area contributed by atoms with E-state index in [9.17, 15) is 19.8 Å². The van der Waals surface area contributed by atoms with Gasteiger partial charge in [0.2, 0.25) is 5.91 Å². The number of rotatable bonds is 7. The molecule has 1 unspecified atom stereocenters. The average molecular weight is 341 g/mol. The molecule has 0 aliphatic heterocycles. The summed E-state index contributed by atoms with van der Waals surface area (Å²) in [5, 5.41) is 21.0. The summed E-state index contributed by atoms with van der Waals surface area (Å²) < 4.78 is 5.10. The van der Waals surface area contributed by atoms with Crippen molar-refractivity contribution in [3.8, 4) is 11.5 Å². The Morgan fingerprint density at radius 2 is 1.92 bits per heavy atom. The molecule has 2 rings (SSSR count). The monoisotopic (exact) mass is 341 g/mol. The lowest BCUT2D eigenvalue weighted by atomic mass is 10.1. The first kappa shape index (κ1) is 18.1. The first-order valence-electron chi connectivity index (χ1n) is 7.61. The molecular weight excluding hydrogens is 322 g/mol. The Labute approximate surface area is 145 Å². The van der Waals surface area contributed by atoms with Crippen molar-refractivity contribution in [1.29, 1.82) is 0 Å². The second kappa shape index (κ2) is 8.54. The number of amides is 1. The van der Waals surface area contributed by atoms with E-state index in [2.05, 4.69) is 5.32 Å². The normalized spacial score (nSPS) is 11.9. The molecule has 0 saturated carbocycles. The van der Waals surface area contributed by atoms with Gasteiger partial charge in [0, 0.05) is 12.5 Å². The Kier molecular flexibility index (Phi) is 6.17. The number of aromatic hydroxyl groups is 1. The van der Waals surface area contributed by atoms with Gasteiger partial charge in [0.05, 0.1) is 7.11 Å². The number of phenols is 1. The van der Waals surface area contributed by atoms with Crippen LogP contribution < -0.4 is 10.1 Å². The number of carboxylic acid groups (broad SMARTS) is 1. The molecular formula is C19H19NO5. The number of carbonyl (C=O) groups is 2. The van der Waals surface area contributed by atoms with Gasteiger partial charge in [0.1, 0.15) is 17.5 Å². The fourth-order valence-corrected chi connectivity index (χ4v) is 2.20. The quantitative estimate of drug-likeness (QED) is 0.671. The molecule has 25 heavy (non-hydrogen) atoms. The second-order valence-corrected chi connectivity index (χ2v) is 5.38. The van der Waals surface area contributed by atoms with E-state index in [1.165, 1.54) is 18.2 Å². The zero-order valence-electron chi connectivity index (χ0n) is 13.7. The molecule has 0 fully saturated rings. The Hall–Kier alpha value is -3.28. The lowest BCUT2D eigenvalue weighted by Crippen LogP contribution is -2.41. The summed E-state index contributed by atoms with van der Waals surface area (Å²) in [4.78, 5) is 23.4. The standard InChI is InChI=1S/C19H19NO5/c1-25-16-4-2-3-13(11-16)7-10-18(22)20-17(19(23)24)12-14-5-8-15(21)9-6-14/h2-11,17,21H,12H2,1H3,(H,20,22)(H,23,24)/b10-7+. The van der Waals surface area contributed by atoms with E-state index in [0.29, 0.717) is 11.3 Å². The maximum atomic E-state index is 12.0.